The number of hydrogen-bond acceptors (Lipinski definition) is 5. The van der Waals surface area contributed by atoms with E-state index >= 15 is 0 Å². The molecular formula is C23H21FO5. The van der Waals surface area contributed by atoms with Crippen molar-refractivity contribution in [3.8, 4) is 0 Å². The van der Waals surface area contributed by atoms with Gasteiger partial charge in [-0.15, -0.1) is 0 Å². The molecule has 2 aromatic carbocycles. The standard InChI is InChI=1S/C23H21FO5/c1-3-27-21(25)23(22(26)28-4-2)13-18-19(20(23)14-8-6-5-7-9-14)16-11-10-15(24)12-17(16)29-18/h5-12,20H,3-4,13H2,1-2H3. The molecule has 1 heterocycles. The van der Waals surface area contributed by atoms with E-state index in [1.54, 1.807) is 19.9 Å². The van der Waals surface area contributed by atoms with Crippen LogP contribution in [0.5, 0.6) is 0 Å². The molecule has 29 heavy (non-hydrogen) atoms. The summed E-state index contributed by atoms with van der Waals surface area (Å²) >= 11 is 0. The molecule has 1 aromatic heterocycles. The summed E-state index contributed by atoms with van der Waals surface area (Å²) in [6, 6.07) is 13.5. The van der Waals surface area contributed by atoms with Crippen LogP contribution in [0.2, 0.25) is 0 Å². The second-order valence-corrected chi connectivity index (χ2v) is 7.01. The molecule has 0 bridgehead atoms. The van der Waals surface area contributed by atoms with E-state index in [4.69, 9.17) is 13.9 Å². The first-order valence-corrected chi connectivity index (χ1v) is 9.63. The van der Waals surface area contributed by atoms with Crippen LogP contribution in [0.4, 0.5) is 4.39 Å². The number of rotatable bonds is 5. The lowest BCUT2D eigenvalue weighted by molar-refractivity contribution is -0.172. The smallest absolute Gasteiger partial charge is 0.324 e. The fourth-order valence-electron chi connectivity index (χ4n) is 4.27. The molecule has 6 heteroatoms. The summed E-state index contributed by atoms with van der Waals surface area (Å²) in [6.45, 7) is 3.65. The lowest BCUT2D eigenvalue weighted by Gasteiger charge is -2.31. The topological polar surface area (TPSA) is 65.7 Å². The summed E-state index contributed by atoms with van der Waals surface area (Å²) in [6.07, 6.45) is -0.00411. The number of benzene rings is 2. The van der Waals surface area contributed by atoms with E-state index in [0.717, 1.165) is 5.56 Å². The molecule has 1 unspecified atom stereocenters. The summed E-state index contributed by atoms with van der Waals surface area (Å²) in [5.74, 6) is -1.89. The monoisotopic (exact) mass is 396 g/mol. The van der Waals surface area contributed by atoms with E-state index in [1.165, 1.54) is 12.1 Å². The fourth-order valence-corrected chi connectivity index (χ4v) is 4.27. The van der Waals surface area contributed by atoms with Crippen molar-refractivity contribution in [1.82, 2.24) is 0 Å². The first-order valence-electron chi connectivity index (χ1n) is 9.63. The molecule has 1 aliphatic rings. The third kappa shape index (κ3) is 2.90. The molecule has 0 saturated heterocycles. The number of fused-ring (bicyclic) bond motifs is 3. The summed E-state index contributed by atoms with van der Waals surface area (Å²) in [5, 5.41) is 0.672. The Balaban J connectivity index is 1.99. The molecule has 3 aromatic rings. The van der Waals surface area contributed by atoms with Crippen molar-refractivity contribution in [2.75, 3.05) is 13.2 Å². The average molecular weight is 396 g/mol. The largest absolute Gasteiger partial charge is 0.465 e. The van der Waals surface area contributed by atoms with Crippen molar-refractivity contribution in [2.45, 2.75) is 26.2 Å². The molecule has 0 amide bonds. The van der Waals surface area contributed by atoms with Gasteiger partial charge in [0.05, 0.1) is 13.2 Å². The first-order chi connectivity index (χ1) is 14.0. The highest BCUT2D eigenvalue weighted by Gasteiger charge is 2.62. The van der Waals surface area contributed by atoms with E-state index in [2.05, 4.69) is 0 Å². The maximum Gasteiger partial charge on any atom is 0.324 e. The predicted molar refractivity (Wildman–Crippen MR) is 104 cm³/mol. The summed E-state index contributed by atoms with van der Waals surface area (Å²) in [7, 11) is 0. The third-order valence-electron chi connectivity index (χ3n) is 5.40. The summed E-state index contributed by atoms with van der Waals surface area (Å²) in [4.78, 5) is 26.4. The summed E-state index contributed by atoms with van der Waals surface area (Å²) in [5.41, 5.74) is 0.258. The number of esters is 2. The van der Waals surface area contributed by atoms with Crippen LogP contribution in [0, 0.1) is 11.2 Å². The van der Waals surface area contributed by atoms with Gasteiger partial charge in [0.1, 0.15) is 17.2 Å². The Morgan fingerprint density at radius 3 is 2.34 bits per heavy atom. The zero-order valence-corrected chi connectivity index (χ0v) is 16.2. The predicted octanol–water partition coefficient (Wildman–Crippen LogP) is 4.37. The van der Waals surface area contributed by atoms with Crippen LogP contribution in [0.1, 0.15) is 36.7 Å². The van der Waals surface area contributed by atoms with Gasteiger partial charge in [-0.3, -0.25) is 9.59 Å². The fraction of sp³-hybridized carbons (Fsp3) is 0.304. The van der Waals surface area contributed by atoms with E-state index in [-0.39, 0.29) is 19.6 Å². The molecule has 0 fully saturated rings. The van der Waals surface area contributed by atoms with Crippen LogP contribution in [-0.4, -0.2) is 25.2 Å². The van der Waals surface area contributed by atoms with Gasteiger partial charge in [0.25, 0.3) is 0 Å². The molecule has 150 valence electrons. The van der Waals surface area contributed by atoms with Crippen LogP contribution in [0.3, 0.4) is 0 Å². The Bertz CT molecular complexity index is 1050. The second-order valence-electron chi connectivity index (χ2n) is 7.01. The van der Waals surface area contributed by atoms with Crippen molar-refractivity contribution in [1.29, 1.82) is 0 Å². The molecule has 0 N–H and O–H groups in total. The highest BCUT2D eigenvalue weighted by atomic mass is 19.1. The minimum atomic E-state index is -1.59. The van der Waals surface area contributed by atoms with Gasteiger partial charge in [-0.05, 0) is 31.5 Å². The molecule has 0 aliphatic heterocycles. The van der Waals surface area contributed by atoms with Gasteiger partial charge in [0.15, 0.2) is 5.41 Å². The number of hydrogen-bond donors (Lipinski definition) is 0. The quantitative estimate of drug-likeness (QED) is 0.473. The number of ether oxygens (including phenoxy) is 2. The highest BCUT2D eigenvalue weighted by molar-refractivity contribution is 6.04. The molecule has 5 nitrogen and oxygen atoms in total. The van der Waals surface area contributed by atoms with Crippen molar-refractivity contribution in [3.05, 3.63) is 71.2 Å². The van der Waals surface area contributed by atoms with E-state index < -0.39 is 29.1 Å². The maximum absolute atomic E-state index is 13.7. The molecule has 4 rings (SSSR count). The Hall–Kier alpha value is -3.15. The number of halogens is 1. The van der Waals surface area contributed by atoms with Gasteiger partial charge >= 0.3 is 11.9 Å². The molecular weight excluding hydrogens is 375 g/mol. The molecule has 0 spiro atoms. The average Bonchev–Trinajstić information content (AvgIpc) is 3.22. The SMILES string of the molecule is CCOC(=O)C1(C(=O)OCC)Cc2oc3cc(F)ccc3c2C1c1ccccc1. The number of furan rings is 1. The lowest BCUT2D eigenvalue weighted by Crippen LogP contribution is -2.46. The highest BCUT2D eigenvalue weighted by Crippen LogP contribution is 2.55. The Kier molecular flexibility index (Phi) is 4.86. The van der Waals surface area contributed by atoms with Gasteiger partial charge in [0, 0.05) is 29.4 Å². The van der Waals surface area contributed by atoms with Crippen molar-refractivity contribution in [3.63, 3.8) is 0 Å². The third-order valence-corrected chi connectivity index (χ3v) is 5.40. The van der Waals surface area contributed by atoms with Crippen LogP contribution in [0.25, 0.3) is 11.0 Å². The van der Waals surface area contributed by atoms with Gasteiger partial charge in [-0.1, -0.05) is 30.3 Å². The molecule has 0 saturated carbocycles. The van der Waals surface area contributed by atoms with Gasteiger partial charge in [0.2, 0.25) is 0 Å². The number of carbonyl (C=O) groups is 2. The van der Waals surface area contributed by atoms with E-state index in [9.17, 15) is 14.0 Å². The van der Waals surface area contributed by atoms with E-state index in [1.807, 2.05) is 30.3 Å². The zero-order chi connectivity index (χ0) is 20.6. The van der Waals surface area contributed by atoms with Crippen LogP contribution < -0.4 is 0 Å². The van der Waals surface area contributed by atoms with Crippen molar-refractivity contribution < 1.29 is 27.9 Å². The minimum absolute atomic E-state index is 0.00411. The van der Waals surface area contributed by atoms with Gasteiger partial charge in [-0.2, -0.15) is 0 Å². The van der Waals surface area contributed by atoms with Crippen molar-refractivity contribution >= 4 is 22.9 Å². The van der Waals surface area contributed by atoms with Gasteiger partial charge in [-0.25, -0.2) is 4.39 Å². The Morgan fingerprint density at radius 1 is 1.07 bits per heavy atom. The normalized spacial score (nSPS) is 17.1. The zero-order valence-electron chi connectivity index (χ0n) is 16.2. The Morgan fingerprint density at radius 2 is 1.72 bits per heavy atom. The lowest BCUT2D eigenvalue weighted by atomic mass is 9.72. The molecule has 0 radical (unpaired) electrons. The van der Waals surface area contributed by atoms with Crippen LogP contribution in [-0.2, 0) is 25.5 Å². The maximum atomic E-state index is 13.7. The summed E-state index contributed by atoms with van der Waals surface area (Å²) < 4.78 is 30.3. The van der Waals surface area contributed by atoms with Crippen LogP contribution >= 0.6 is 0 Å². The van der Waals surface area contributed by atoms with Crippen LogP contribution in [0.15, 0.2) is 52.9 Å². The van der Waals surface area contributed by atoms with Crippen molar-refractivity contribution in [2.24, 2.45) is 5.41 Å². The molecule has 1 atom stereocenters. The van der Waals surface area contributed by atoms with Gasteiger partial charge < -0.3 is 13.9 Å². The number of carbonyl (C=O) groups excluding carboxylic acids is 2. The second kappa shape index (κ2) is 7.35. The minimum Gasteiger partial charge on any atom is -0.465 e. The van der Waals surface area contributed by atoms with E-state index in [0.29, 0.717) is 22.3 Å². The molecule has 1 aliphatic carbocycles. The first kappa shape index (κ1) is 19.2. The Labute approximate surface area is 167 Å².